The van der Waals surface area contributed by atoms with Crippen molar-refractivity contribution >= 4 is 33.3 Å². The molecule has 0 amide bonds. The van der Waals surface area contributed by atoms with E-state index in [0.717, 1.165) is 6.26 Å². The fourth-order valence-electron chi connectivity index (χ4n) is 0.664. The van der Waals surface area contributed by atoms with E-state index in [9.17, 15) is 8.42 Å². The van der Waals surface area contributed by atoms with Gasteiger partial charge in [-0.25, -0.2) is 0 Å². The highest BCUT2D eigenvalue weighted by Gasteiger charge is 2.12. The van der Waals surface area contributed by atoms with Gasteiger partial charge < -0.3 is 4.18 Å². The molecule has 71 valence electrons. The van der Waals surface area contributed by atoms with Gasteiger partial charge in [0.05, 0.1) is 16.3 Å². The Labute approximate surface area is 86.4 Å². The molecular weight excluding hydrogens is 235 g/mol. The Morgan fingerprint density at radius 3 is 2.15 bits per heavy atom. The summed E-state index contributed by atoms with van der Waals surface area (Å²) >= 11 is 11.3. The Kier molecular flexibility index (Phi) is 3.05. The molecule has 0 aromatic heterocycles. The molecule has 0 saturated carbocycles. The summed E-state index contributed by atoms with van der Waals surface area (Å²) in [5, 5.41) is 0.218. The molecule has 0 heterocycles. The lowest BCUT2D eigenvalue weighted by atomic mass is 10.3. The first-order valence-corrected chi connectivity index (χ1v) is 5.72. The molecule has 1 aromatic rings. The molecule has 1 radical (unpaired) electrons. The van der Waals surface area contributed by atoms with Gasteiger partial charge in [-0.1, -0.05) is 23.2 Å². The largest absolute Gasteiger partial charge is 0.379 e. The Hall–Kier alpha value is -0.450. The summed E-state index contributed by atoms with van der Waals surface area (Å²) in [6, 6.07) is 5.35. The Morgan fingerprint density at radius 1 is 1.31 bits per heavy atom. The van der Waals surface area contributed by atoms with Gasteiger partial charge in [-0.3, -0.25) is 0 Å². The standard InChI is InChI=1S/C7H5Cl2O3S/c1-13(10,11)12-7-5(8)3-2-4-6(7)9/h3-4H,1H3. The van der Waals surface area contributed by atoms with Crippen LogP contribution in [0.1, 0.15) is 0 Å². The van der Waals surface area contributed by atoms with Gasteiger partial charge in [0.2, 0.25) is 0 Å². The maximum Gasteiger partial charge on any atom is 0.306 e. The quantitative estimate of drug-likeness (QED) is 0.743. The van der Waals surface area contributed by atoms with Crippen LogP contribution in [0.5, 0.6) is 5.75 Å². The average molecular weight is 240 g/mol. The molecule has 0 N–H and O–H groups in total. The molecule has 0 spiro atoms. The minimum absolute atomic E-state index is 0.0652. The highest BCUT2D eigenvalue weighted by atomic mass is 35.5. The molecule has 1 aromatic carbocycles. The van der Waals surface area contributed by atoms with Gasteiger partial charge in [-0.15, -0.1) is 0 Å². The minimum atomic E-state index is -3.60. The molecule has 3 nitrogen and oxygen atoms in total. The maximum absolute atomic E-state index is 10.8. The van der Waals surface area contributed by atoms with E-state index in [4.69, 9.17) is 23.2 Å². The molecule has 0 atom stereocenters. The highest BCUT2D eigenvalue weighted by Crippen LogP contribution is 2.32. The van der Waals surface area contributed by atoms with Crippen LogP contribution in [0.4, 0.5) is 0 Å². The molecule has 0 aliphatic heterocycles. The van der Waals surface area contributed by atoms with Crippen LogP contribution in [0.25, 0.3) is 0 Å². The molecule has 0 aliphatic rings. The Morgan fingerprint density at radius 2 is 1.77 bits per heavy atom. The van der Waals surface area contributed by atoms with Crippen molar-refractivity contribution in [1.29, 1.82) is 0 Å². The number of hydrogen-bond acceptors (Lipinski definition) is 3. The Bertz CT molecular complexity index is 393. The third kappa shape index (κ3) is 3.06. The van der Waals surface area contributed by atoms with Crippen LogP contribution in [0.3, 0.4) is 0 Å². The van der Waals surface area contributed by atoms with Crippen LogP contribution in [-0.4, -0.2) is 14.7 Å². The van der Waals surface area contributed by atoms with Crippen molar-refractivity contribution in [1.82, 2.24) is 0 Å². The molecule has 13 heavy (non-hydrogen) atoms. The Balaban J connectivity index is 3.15. The second-order valence-corrected chi connectivity index (χ2v) is 4.66. The summed E-state index contributed by atoms with van der Waals surface area (Å²) in [6.45, 7) is 0. The van der Waals surface area contributed by atoms with E-state index in [1.165, 1.54) is 12.1 Å². The number of hydrogen-bond donors (Lipinski definition) is 0. The van der Waals surface area contributed by atoms with Crippen LogP contribution < -0.4 is 4.18 Å². The van der Waals surface area contributed by atoms with Gasteiger partial charge in [0.25, 0.3) is 0 Å². The van der Waals surface area contributed by atoms with Gasteiger partial charge in [-0.05, 0) is 18.2 Å². The topological polar surface area (TPSA) is 43.4 Å². The zero-order valence-corrected chi connectivity index (χ0v) is 8.87. The zero-order valence-electron chi connectivity index (χ0n) is 6.54. The van der Waals surface area contributed by atoms with Gasteiger partial charge >= 0.3 is 10.1 Å². The van der Waals surface area contributed by atoms with Crippen molar-refractivity contribution in [2.24, 2.45) is 0 Å². The fourth-order valence-corrected chi connectivity index (χ4v) is 1.69. The lowest BCUT2D eigenvalue weighted by Gasteiger charge is -2.05. The zero-order chi connectivity index (χ0) is 10.1. The highest BCUT2D eigenvalue weighted by molar-refractivity contribution is 7.86. The van der Waals surface area contributed by atoms with E-state index in [-0.39, 0.29) is 15.8 Å². The molecule has 0 bridgehead atoms. The first-order valence-electron chi connectivity index (χ1n) is 3.15. The van der Waals surface area contributed by atoms with E-state index < -0.39 is 10.1 Å². The number of benzene rings is 1. The smallest absolute Gasteiger partial charge is 0.306 e. The van der Waals surface area contributed by atoms with Crippen LogP contribution >= 0.6 is 23.2 Å². The molecule has 0 unspecified atom stereocenters. The second-order valence-electron chi connectivity index (χ2n) is 2.27. The maximum atomic E-state index is 10.8. The van der Waals surface area contributed by atoms with Crippen molar-refractivity contribution in [3.8, 4) is 5.75 Å². The summed E-state index contributed by atoms with van der Waals surface area (Å²) in [7, 11) is -3.60. The lowest BCUT2D eigenvalue weighted by molar-refractivity contribution is 0.493. The summed E-state index contributed by atoms with van der Waals surface area (Å²) in [4.78, 5) is 0. The summed E-state index contributed by atoms with van der Waals surface area (Å²) in [5.74, 6) is -0.0652. The SMILES string of the molecule is CS(=O)(=O)Oc1c(Cl)c[c]cc1Cl. The molecule has 6 heteroatoms. The summed E-state index contributed by atoms with van der Waals surface area (Å²) in [6.07, 6.45) is 0.913. The molecule has 0 aliphatic carbocycles. The monoisotopic (exact) mass is 239 g/mol. The van der Waals surface area contributed by atoms with Gasteiger partial charge in [0.1, 0.15) is 0 Å². The van der Waals surface area contributed by atoms with Crippen LogP contribution in [0, 0.1) is 6.07 Å². The van der Waals surface area contributed by atoms with E-state index in [1.807, 2.05) is 0 Å². The van der Waals surface area contributed by atoms with Crippen molar-refractivity contribution < 1.29 is 12.6 Å². The van der Waals surface area contributed by atoms with E-state index in [2.05, 4.69) is 10.2 Å². The predicted molar refractivity (Wildman–Crippen MR) is 50.8 cm³/mol. The first kappa shape index (κ1) is 10.6. The summed E-state index contributed by atoms with van der Waals surface area (Å²) < 4.78 is 26.1. The predicted octanol–water partition coefficient (Wildman–Crippen LogP) is 2.13. The third-order valence-corrected chi connectivity index (χ3v) is 2.12. The van der Waals surface area contributed by atoms with Gasteiger partial charge in [0.15, 0.2) is 5.75 Å². The van der Waals surface area contributed by atoms with Crippen LogP contribution in [0.2, 0.25) is 10.0 Å². The van der Waals surface area contributed by atoms with E-state index >= 15 is 0 Å². The first-order chi connectivity index (χ1) is 5.90. The average Bonchev–Trinajstić information content (AvgIpc) is 1.95. The van der Waals surface area contributed by atoms with Crippen LogP contribution in [0.15, 0.2) is 12.1 Å². The van der Waals surface area contributed by atoms with Crippen molar-refractivity contribution in [3.05, 3.63) is 28.2 Å². The third-order valence-electron chi connectivity index (χ3n) is 1.09. The molecular formula is C7H5Cl2O3S. The number of halogens is 2. The van der Waals surface area contributed by atoms with Gasteiger partial charge in [-0.2, -0.15) is 8.42 Å². The second kappa shape index (κ2) is 3.74. The molecule has 0 fully saturated rings. The molecule has 0 saturated heterocycles. The molecule has 1 rings (SSSR count). The van der Waals surface area contributed by atoms with Crippen molar-refractivity contribution in [3.63, 3.8) is 0 Å². The van der Waals surface area contributed by atoms with E-state index in [0.29, 0.717) is 0 Å². The normalized spacial score (nSPS) is 11.3. The van der Waals surface area contributed by atoms with E-state index in [1.54, 1.807) is 0 Å². The fraction of sp³-hybridized carbons (Fsp3) is 0.143. The summed E-state index contributed by atoms with van der Waals surface area (Å²) in [5.41, 5.74) is 0. The number of rotatable bonds is 2. The minimum Gasteiger partial charge on any atom is -0.379 e. The van der Waals surface area contributed by atoms with Crippen molar-refractivity contribution in [2.75, 3.05) is 6.26 Å². The van der Waals surface area contributed by atoms with Crippen LogP contribution in [-0.2, 0) is 10.1 Å². The van der Waals surface area contributed by atoms with Crippen molar-refractivity contribution in [2.45, 2.75) is 0 Å². The lowest BCUT2D eigenvalue weighted by Crippen LogP contribution is -2.06. The van der Waals surface area contributed by atoms with Gasteiger partial charge in [0, 0.05) is 0 Å².